The monoisotopic (exact) mass is 409 g/mol. The summed E-state index contributed by atoms with van der Waals surface area (Å²) in [6.45, 7) is 6.61. The molecule has 1 saturated heterocycles. The summed E-state index contributed by atoms with van der Waals surface area (Å²) < 4.78 is 10.7. The molecule has 2 aromatic heterocycles. The summed E-state index contributed by atoms with van der Waals surface area (Å²) in [4.78, 5) is 23.5. The number of hydrogen-bond donors (Lipinski definition) is 1. The van der Waals surface area contributed by atoms with Gasteiger partial charge in [0.1, 0.15) is 23.3 Å². The van der Waals surface area contributed by atoms with Crippen molar-refractivity contribution in [2.45, 2.75) is 33.1 Å². The smallest absolute Gasteiger partial charge is 0.263 e. The van der Waals surface area contributed by atoms with Crippen molar-refractivity contribution in [2.24, 2.45) is 5.92 Å². The Morgan fingerprint density at radius 3 is 2.93 bits per heavy atom. The molecule has 1 aliphatic heterocycles. The first-order chi connectivity index (χ1) is 14.7. The predicted molar refractivity (Wildman–Crippen MR) is 114 cm³/mol. The third-order valence-electron chi connectivity index (χ3n) is 5.46. The van der Waals surface area contributed by atoms with Crippen LogP contribution >= 0.6 is 0 Å². The van der Waals surface area contributed by atoms with Crippen LogP contribution in [0.15, 0.2) is 35.1 Å². The van der Waals surface area contributed by atoms with Crippen LogP contribution in [0.5, 0.6) is 5.75 Å². The standard InChI is InChI=1S/C22H27N5O3/c1-3-29-18-8-6-16(7-9-18)10-11-23-21(28)17-5-4-12-27(13-17)20-19-15(2)26-30-22(19)25-14-24-20/h6-9,14,17H,3-5,10-13H2,1-2H3,(H,23,28)/t17-/m1/s1. The molecule has 1 aliphatic rings. The fourth-order valence-corrected chi connectivity index (χ4v) is 3.92. The molecule has 0 spiro atoms. The molecule has 4 rings (SSSR count). The molecule has 1 N–H and O–H groups in total. The van der Waals surface area contributed by atoms with Gasteiger partial charge in [-0.25, -0.2) is 4.98 Å². The quantitative estimate of drug-likeness (QED) is 0.641. The van der Waals surface area contributed by atoms with Crippen molar-refractivity contribution in [2.75, 3.05) is 31.1 Å². The number of carbonyl (C=O) groups excluding carboxylic acids is 1. The summed E-state index contributed by atoms with van der Waals surface area (Å²) in [6, 6.07) is 8.02. The van der Waals surface area contributed by atoms with Gasteiger partial charge in [-0.1, -0.05) is 17.3 Å². The second-order valence-corrected chi connectivity index (χ2v) is 7.55. The van der Waals surface area contributed by atoms with Crippen LogP contribution in [-0.4, -0.2) is 47.3 Å². The molecule has 0 aliphatic carbocycles. The van der Waals surface area contributed by atoms with Gasteiger partial charge >= 0.3 is 0 Å². The van der Waals surface area contributed by atoms with Gasteiger partial charge in [-0.05, 0) is 50.8 Å². The highest BCUT2D eigenvalue weighted by Crippen LogP contribution is 2.29. The number of ether oxygens (including phenoxy) is 1. The van der Waals surface area contributed by atoms with Crippen molar-refractivity contribution in [3.63, 3.8) is 0 Å². The maximum atomic E-state index is 12.8. The van der Waals surface area contributed by atoms with Gasteiger partial charge in [0.25, 0.3) is 5.71 Å². The summed E-state index contributed by atoms with van der Waals surface area (Å²) in [5.41, 5.74) is 2.43. The van der Waals surface area contributed by atoms with Crippen molar-refractivity contribution in [3.05, 3.63) is 41.9 Å². The van der Waals surface area contributed by atoms with Crippen LogP contribution in [0.1, 0.15) is 31.0 Å². The molecule has 30 heavy (non-hydrogen) atoms. The van der Waals surface area contributed by atoms with E-state index in [1.165, 1.54) is 11.9 Å². The minimum atomic E-state index is -0.0655. The molecule has 158 valence electrons. The van der Waals surface area contributed by atoms with E-state index in [1.807, 2.05) is 38.1 Å². The third kappa shape index (κ3) is 4.37. The van der Waals surface area contributed by atoms with Gasteiger partial charge in [0.2, 0.25) is 5.91 Å². The largest absolute Gasteiger partial charge is 0.494 e. The third-order valence-corrected chi connectivity index (χ3v) is 5.46. The molecule has 0 radical (unpaired) electrons. The van der Waals surface area contributed by atoms with E-state index in [2.05, 4.69) is 25.3 Å². The van der Waals surface area contributed by atoms with Gasteiger partial charge in [0.15, 0.2) is 0 Å². The molecule has 1 fully saturated rings. The van der Waals surface area contributed by atoms with E-state index in [0.717, 1.165) is 48.5 Å². The van der Waals surface area contributed by atoms with E-state index < -0.39 is 0 Å². The zero-order chi connectivity index (χ0) is 20.9. The molecule has 1 aromatic carbocycles. The lowest BCUT2D eigenvalue weighted by Gasteiger charge is -2.33. The van der Waals surface area contributed by atoms with Crippen molar-refractivity contribution >= 4 is 22.8 Å². The van der Waals surface area contributed by atoms with Crippen molar-refractivity contribution < 1.29 is 14.1 Å². The number of nitrogens with zero attached hydrogens (tertiary/aromatic N) is 4. The lowest BCUT2D eigenvalue weighted by Crippen LogP contribution is -2.43. The molecule has 8 nitrogen and oxygen atoms in total. The maximum absolute atomic E-state index is 12.8. The van der Waals surface area contributed by atoms with Gasteiger partial charge in [-0.2, -0.15) is 4.98 Å². The van der Waals surface area contributed by atoms with Gasteiger partial charge < -0.3 is 19.5 Å². The number of aromatic nitrogens is 3. The summed E-state index contributed by atoms with van der Waals surface area (Å²) in [7, 11) is 0. The number of piperidine rings is 1. The first-order valence-corrected chi connectivity index (χ1v) is 10.5. The summed E-state index contributed by atoms with van der Waals surface area (Å²) in [5.74, 6) is 1.70. The fraction of sp³-hybridized carbons (Fsp3) is 0.455. The molecule has 1 atom stereocenters. The molecule has 3 aromatic rings. The SMILES string of the molecule is CCOc1ccc(CCNC(=O)[C@@H]2CCCN(c3ncnc4onc(C)c34)C2)cc1. The van der Waals surface area contributed by atoms with Gasteiger partial charge in [0.05, 0.1) is 18.2 Å². The normalized spacial score (nSPS) is 16.6. The second-order valence-electron chi connectivity index (χ2n) is 7.55. The van der Waals surface area contributed by atoms with Crippen LogP contribution < -0.4 is 15.0 Å². The minimum absolute atomic E-state index is 0.0655. The fourth-order valence-electron chi connectivity index (χ4n) is 3.92. The zero-order valence-corrected chi connectivity index (χ0v) is 17.4. The number of benzene rings is 1. The van der Waals surface area contributed by atoms with Crippen LogP contribution in [0.4, 0.5) is 5.82 Å². The van der Waals surface area contributed by atoms with Crippen LogP contribution in [0, 0.1) is 12.8 Å². The predicted octanol–water partition coefficient (Wildman–Crippen LogP) is 2.90. The number of anilines is 1. The number of nitrogens with one attached hydrogen (secondary N) is 1. The van der Waals surface area contributed by atoms with E-state index in [4.69, 9.17) is 9.26 Å². The zero-order valence-electron chi connectivity index (χ0n) is 17.4. The highest BCUT2D eigenvalue weighted by molar-refractivity contribution is 5.88. The highest BCUT2D eigenvalue weighted by Gasteiger charge is 2.28. The van der Waals surface area contributed by atoms with Gasteiger partial charge in [0, 0.05) is 19.6 Å². The molecular formula is C22H27N5O3. The van der Waals surface area contributed by atoms with Crippen molar-refractivity contribution in [1.82, 2.24) is 20.4 Å². The molecule has 1 amide bonds. The Kier molecular flexibility index (Phi) is 6.11. The Morgan fingerprint density at radius 1 is 1.30 bits per heavy atom. The maximum Gasteiger partial charge on any atom is 0.263 e. The number of fused-ring (bicyclic) bond motifs is 1. The number of hydrogen-bond acceptors (Lipinski definition) is 7. The van der Waals surface area contributed by atoms with E-state index in [1.54, 1.807) is 0 Å². The summed E-state index contributed by atoms with van der Waals surface area (Å²) in [6.07, 6.45) is 4.10. The molecule has 0 unspecified atom stereocenters. The Hall–Kier alpha value is -3.16. The first-order valence-electron chi connectivity index (χ1n) is 10.5. The van der Waals surface area contributed by atoms with E-state index in [-0.39, 0.29) is 11.8 Å². The minimum Gasteiger partial charge on any atom is -0.494 e. The second kappa shape index (κ2) is 9.11. The Morgan fingerprint density at radius 2 is 2.13 bits per heavy atom. The average molecular weight is 409 g/mol. The highest BCUT2D eigenvalue weighted by atomic mass is 16.5. The van der Waals surface area contributed by atoms with E-state index in [9.17, 15) is 4.79 Å². The number of carbonyl (C=O) groups is 1. The molecule has 0 saturated carbocycles. The molecule has 0 bridgehead atoms. The van der Waals surface area contributed by atoms with Crippen LogP contribution in [0.25, 0.3) is 11.1 Å². The lowest BCUT2D eigenvalue weighted by atomic mass is 9.96. The summed E-state index contributed by atoms with van der Waals surface area (Å²) in [5, 5.41) is 7.92. The summed E-state index contributed by atoms with van der Waals surface area (Å²) >= 11 is 0. The van der Waals surface area contributed by atoms with Crippen molar-refractivity contribution in [3.8, 4) is 5.75 Å². The van der Waals surface area contributed by atoms with Gasteiger partial charge in [-0.15, -0.1) is 0 Å². The van der Waals surface area contributed by atoms with Crippen LogP contribution in [-0.2, 0) is 11.2 Å². The van der Waals surface area contributed by atoms with Crippen LogP contribution in [0.2, 0.25) is 0 Å². The van der Waals surface area contributed by atoms with Crippen LogP contribution in [0.3, 0.4) is 0 Å². The first kappa shape index (κ1) is 20.1. The average Bonchev–Trinajstić information content (AvgIpc) is 3.16. The Bertz CT molecular complexity index is 1000. The van der Waals surface area contributed by atoms with Gasteiger partial charge in [-0.3, -0.25) is 4.79 Å². The molecular weight excluding hydrogens is 382 g/mol. The number of aryl methyl sites for hydroxylation is 1. The molecule has 8 heteroatoms. The number of amides is 1. The van der Waals surface area contributed by atoms with E-state index >= 15 is 0 Å². The topological polar surface area (TPSA) is 93.4 Å². The lowest BCUT2D eigenvalue weighted by molar-refractivity contribution is -0.125. The van der Waals surface area contributed by atoms with Crippen molar-refractivity contribution in [1.29, 1.82) is 0 Å². The van der Waals surface area contributed by atoms with E-state index in [0.29, 0.717) is 25.4 Å². The Balaban J connectivity index is 1.34. The number of rotatable bonds is 7. The molecule has 3 heterocycles. The Labute approximate surface area is 175 Å².